The van der Waals surface area contributed by atoms with Gasteiger partial charge in [-0.1, -0.05) is 33.6 Å². The van der Waals surface area contributed by atoms with Gasteiger partial charge in [-0.25, -0.2) is 10.2 Å². The van der Waals surface area contributed by atoms with Gasteiger partial charge in [0.15, 0.2) is 11.5 Å². The number of esters is 1. The second-order valence-electron chi connectivity index (χ2n) is 6.25. The van der Waals surface area contributed by atoms with E-state index >= 15 is 0 Å². The van der Waals surface area contributed by atoms with Crippen LogP contribution in [0.3, 0.4) is 0 Å². The minimum Gasteiger partial charge on any atom is -0.490 e. The first-order valence-corrected chi connectivity index (χ1v) is 10.5. The molecule has 1 N–H and O–H groups in total. The molecule has 0 fully saturated rings. The van der Waals surface area contributed by atoms with Crippen LogP contribution >= 0.6 is 27.5 Å². The molecule has 158 valence electrons. The van der Waals surface area contributed by atoms with Crippen LogP contribution in [0.5, 0.6) is 11.5 Å². The average molecular weight is 502 g/mol. The predicted octanol–water partition coefficient (Wildman–Crippen LogP) is 5.48. The van der Waals surface area contributed by atoms with E-state index in [4.69, 9.17) is 21.1 Å². The SMILES string of the molecule is CCOc1cc(C=NNC(=O)c2cccc(Br)c2)ccc1OC(=O)c1ccc(Cl)cc1. The molecule has 0 bridgehead atoms. The Hall–Kier alpha value is -3.16. The average Bonchev–Trinajstić information content (AvgIpc) is 2.76. The molecule has 0 unspecified atom stereocenters. The van der Waals surface area contributed by atoms with Crippen LogP contribution in [0.4, 0.5) is 0 Å². The second kappa shape index (κ2) is 10.7. The summed E-state index contributed by atoms with van der Waals surface area (Å²) in [6.45, 7) is 2.20. The molecule has 0 atom stereocenters. The lowest BCUT2D eigenvalue weighted by Gasteiger charge is -2.11. The quantitative estimate of drug-likeness (QED) is 0.201. The Kier molecular flexibility index (Phi) is 7.81. The van der Waals surface area contributed by atoms with Crippen molar-refractivity contribution in [1.82, 2.24) is 5.43 Å². The van der Waals surface area contributed by atoms with Crippen molar-refractivity contribution in [1.29, 1.82) is 0 Å². The van der Waals surface area contributed by atoms with Gasteiger partial charge in [0.25, 0.3) is 5.91 Å². The van der Waals surface area contributed by atoms with Gasteiger partial charge in [-0.05, 0) is 73.2 Å². The number of amides is 1. The molecule has 0 aliphatic rings. The number of rotatable bonds is 7. The van der Waals surface area contributed by atoms with Crippen molar-refractivity contribution in [2.75, 3.05) is 6.61 Å². The highest BCUT2D eigenvalue weighted by molar-refractivity contribution is 9.10. The molecule has 0 heterocycles. The highest BCUT2D eigenvalue weighted by atomic mass is 79.9. The molecule has 3 aromatic carbocycles. The maximum Gasteiger partial charge on any atom is 0.343 e. The summed E-state index contributed by atoms with van der Waals surface area (Å²) in [6, 6.07) is 18.3. The Balaban J connectivity index is 1.70. The summed E-state index contributed by atoms with van der Waals surface area (Å²) in [5, 5.41) is 4.51. The van der Waals surface area contributed by atoms with E-state index < -0.39 is 5.97 Å². The van der Waals surface area contributed by atoms with E-state index in [1.807, 2.05) is 13.0 Å². The van der Waals surface area contributed by atoms with E-state index in [1.54, 1.807) is 60.7 Å². The van der Waals surface area contributed by atoms with Crippen LogP contribution in [-0.4, -0.2) is 24.7 Å². The Labute approximate surface area is 193 Å². The summed E-state index contributed by atoms with van der Waals surface area (Å²) in [5.41, 5.74) is 3.97. The van der Waals surface area contributed by atoms with Gasteiger partial charge >= 0.3 is 5.97 Å². The van der Waals surface area contributed by atoms with Gasteiger partial charge in [-0.15, -0.1) is 0 Å². The highest BCUT2D eigenvalue weighted by Crippen LogP contribution is 2.29. The van der Waals surface area contributed by atoms with Crippen molar-refractivity contribution in [2.45, 2.75) is 6.92 Å². The number of nitrogens with zero attached hydrogens (tertiary/aromatic N) is 1. The molecular formula is C23H18BrClN2O4. The third kappa shape index (κ3) is 6.41. The van der Waals surface area contributed by atoms with Crippen LogP contribution in [-0.2, 0) is 0 Å². The van der Waals surface area contributed by atoms with Crippen molar-refractivity contribution < 1.29 is 19.1 Å². The summed E-state index contributed by atoms with van der Waals surface area (Å²) in [5.74, 6) is -0.208. The molecule has 1 amide bonds. The Bertz CT molecular complexity index is 1120. The smallest absolute Gasteiger partial charge is 0.343 e. The highest BCUT2D eigenvalue weighted by Gasteiger charge is 2.13. The fourth-order valence-electron chi connectivity index (χ4n) is 2.56. The third-order valence-corrected chi connectivity index (χ3v) is 4.76. The van der Waals surface area contributed by atoms with Crippen molar-refractivity contribution in [3.05, 3.63) is 92.9 Å². The van der Waals surface area contributed by atoms with Crippen LogP contribution in [0.2, 0.25) is 5.02 Å². The van der Waals surface area contributed by atoms with E-state index in [9.17, 15) is 9.59 Å². The lowest BCUT2D eigenvalue weighted by molar-refractivity contribution is 0.0728. The maximum absolute atomic E-state index is 12.4. The first-order chi connectivity index (χ1) is 15.0. The molecular weight excluding hydrogens is 484 g/mol. The number of benzene rings is 3. The van der Waals surface area contributed by atoms with Gasteiger partial charge in [0.2, 0.25) is 0 Å². The van der Waals surface area contributed by atoms with Crippen LogP contribution in [0, 0.1) is 0 Å². The van der Waals surface area contributed by atoms with Gasteiger partial charge < -0.3 is 9.47 Å². The molecule has 0 saturated carbocycles. The van der Waals surface area contributed by atoms with E-state index in [2.05, 4.69) is 26.5 Å². The van der Waals surface area contributed by atoms with E-state index in [0.29, 0.717) is 34.1 Å². The predicted molar refractivity (Wildman–Crippen MR) is 123 cm³/mol. The number of nitrogens with one attached hydrogen (secondary N) is 1. The van der Waals surface area contributed by atoms with Crippen LogP contribution in [0.15, 0.2) is 76.3 Å². The molecule has 8 heteroatoms. The normalized spacial score (nSPS) is 10.7. The zero-order chi connectivity index (χ0) is 22.2. The van der Waals surface area contributed by atoms with Gasteiger partial charge in [0.05, 0.1) is 18.4 Å². The monoisotopic (exact) mass is 500 g/mol. The second-order valence-corrected chi connectivity index (χ2v) is 7.60. The Morgan fingerprint density at radius 1 is 1.03 bits per heavy atom. The number of hydrogen-bond donors (Lipinski definition) is 1. The van der Waals surface area contributed by atoms with Crippen molar-refractivity contribution >= 4 is 45.6 Å². The summed E-state index contributed by atoms with van der Waals surface area (Å²) < 4.78 is 11.9. The molecule has 0 saturated heterocycles. The molecule has 3 rings (SSSR count). The number of hydrazone groups is 1. The first kappa shape index (κ1) is 22.5. The number of carbonyl (C=O) groups is 2. The van der Waals surface area contributed by atoms with Crippen LogP contribution < -0.4 is 14.9 Å². The Morgan fingerprint density at radius 2 is 1.81 bits per heavy atom. The van der Waals surface area contributed by atoms with E-state index in [1.165, 1.54) is 6.21 Å². The molecule has 3 aromatic rings. The molecule has 0 aliphatic heterocycles. The van der Waals surface area contributed by atoms with E-state index in [0.717, 1.165) is 4.47 Å². The minimum absolute atomic E-state index is 0.275. The van der Waals surface area contributed by atoms with Crippen LogP contribution in [0.1, 0.15) is 33.2 Å². The van der Waals surface area contributed by atoms with Gasteiger partial charge in [-0.2, -0.15) is 5.10 Å². The third-order valence-electron chi connectivity index (χ3n) is 4.02. The molecule has 31 heavy (non-hydrogen) atoms. The molecule has 0 aromatic heterocycles. The first-order valence-electron chi connectivity index (χ1n) is 9.30. The lowest BCUT2D eigenvalue weighted by atomic mass is 10.2. The maximum atomic E-state index is 12.4. The van der Waals surface area contributed by atoms with Crippen molar-refractivity contribution in [3.63, 3.8) is 0 Å². The van der Waals surface area contributed by atoms with Crippen molar-refractivity contribution in [3.8, 4) is 11.5 Å². The summed E-state index contributed by atoms with van der Waals surface area (Å²) in [7, 11) is 0. The zero-order valence-electron chi connectivity index (χ0n) is 16.5. The number of halogens is 2. The largest absolute Gasteiger partial charge is 0.490 e. The van der Waals surface area contributed by atoms with E-state index in [-0.39, 0.29) is 11.7 Å². The molecule has 0 radical (unpaired) electrons. The van der Waals surface area contributed by atoms with Gasteiger partial charge in [0, 0.05) is 15.1 Å². The topological polar surface area (TPSA) is 77.0 Å². The number of ether oxygens (including phenoxy) is 2. The fraction of sp³-hybridized carbons (Fsp3) is 0.0870. The number of carbonyl (C=O) groups excluding carboxylic acids is 2. The standard InChI is InChI=1S/C23H18BrClN2O4/c1-2-30-21-12-15(14-26-27-22(28)17-4-3-5-18(24)13-17)6-11-20(21)31-23(29)16-7-9-19(25)10-8-16/h3-14H,2H2,1H3,(H,27,28). The minimum atomic E-state index is -0.527. The summed E-state index contributed by atoms with van der Waals surface area (Å²) in [4.78, 5) is 24.5. The summed E-state index contributed by atoms with van der Waals surface area (Å²) in [6.07, 6.45) is 1.48. The van der Waals surface area contributed by atoms with Crippen molar-refractivity contribution in [2.24, 2.45) is 5.10 Å². The van der Waals surface area contributed by atoms with Gasteiger partial charge in [-0.3, -0.25) is 4.79 Å². The summed E-state index contributed by atoms with van der Waals surface area (Å²) >= 11 is 9.18. The molecule has 6 nitrogen and oxygen atoms in total. The van der Waals surface area contributed by atoms with Crippen LogP contribution in [0.25, 0.3) is 0 Å². The lowest BCUT2D eigenvalue weighted by Crippen LogP contribution is -2.17. The molecule has 0 spiro atoms. The molecule has 0 aliphatic carbocycles. The van der Waals surface area contributed by atoms with Gasteiger partial charge in [0.1, 0.15) is 0 Å². The Morgan fingerprint density at radius 3 is 2.52 bits per heavy atom. The number of hydrogen-bond acceptors (Lipinski definition) is 5. The fourth-order valence-corrected chi connectivity index (χ4v) is 3.09. The zero-order valence-corrected chi connectivity index (χ0v) is 18.8.